The summed E-state index contributed by atoms with van der Waals surface area (Å²) < 4.78 is 0. The molecule has 0 atom stereocenters. The van der Waals surface area contributed by atoms with Crippen LogP contribution >= 0.6 is 0 Å². The molecule has 0 fully saturated rings. The van der Waals surface area contributed by atoms with Crippen LogP contribution in [0, 0.1) is 11.3 Å². The zero-order valence-electron chi connectivity index (χ0n) is 11.3. The predicted molar refractivity (Wildman–Crippen MR) is 78.3 cm³/mol. The third-order valence-corrected chi connectivity index (χ3v) is 3.16. The smallest absolute Gasteiger partial charge is 0.186 e. The molecule has 2 N–H and O–H groups in total. The number of rotatable bonds is 7. The molecule has 0 amide bonds. The number of hydrogen-bond acceptors (Lipinski definition) is 5. The van der Waals surface area contributed by atoms with Gasteiger partial charge in [-0.25, -0.2) is 0 Å². The first kappa shape index (κ1) is 14.2. The number of aliphatic hydroxyl groups excluding tert-OH is 1. The lowest BCUT2D eigenvalue weighted by molar-refractivity contribution is 0.283. The van der Waals surface area contributed by atoms with Crippen molar-refractivity contribution in [3.63, 3.8) is 0 Å². The van der Waals surface area contributed by atoms with Crippen molar-refractivity contribution in [3.8, 4) is 6.07 Å². The van der Waals surface area contributed by atoms with Crippen LogP contribution < -0.4 is 5.32 Å². The second-order valence-electron chi connectivity index (χ2n) is 4.62. The standard InChI is InChI=1S/C15H18N4O/c16-11-14-15(17-9-5-1-2-6-10-20)12-7-3-4-8-13(12)18-19-14/h3-4,7-8,20H,1-2,5-6,9-10H2,(H,17,18). The predicted octanol–water partition coefficient (Wildman–Crippen LogP) is 2.47. The Labute approximate surface area is 118 Å². The Hall–Kier alpha value is -2.19. The van der Waals surface area contributed by atoms with Gasteiger partial charge in [-0.05, 0) is 18.9 Å². The lowest BCUT2D eigenvalue weighted by atomic mass is 10.1. The van der Waals surface area contributed by atoms with Crippen molar-refractivity contribution < 1.29 is 5.11 Å². The van der Waals surface area contributed by atoms with Gasteiger partial charge in [-0.1, -0.05) is 31.0 Å². The summed E-state index contributed by atoms with van der Waals surface area (Å²) in [6.07, 6.45) is 3.94. The number of nitrogens with one attached hydrogen (secondary N) is 1. The number of nitriles is 1. The van der Waals surface area contributed by atoms with Crippen LogP contribution in [-0.2, 0) is 0 Å². The molecule has 1 heterocycles. The van der Waals surface area contributed by atoms with Crippen LogP contribution in [0.15, 0.2) is 24.3 Å². The molecule has 0 radical (unpaired) electrons. The van der Waals surface area contributed by atoms with E-state index >= 15 is 0 Å². The number of unbranched alkanes of at least 4 members (excludes halogenated alkanes) is 3. The van der Waals surface area contributed by atoms with Gasteiger partial charge in [0.15, 0.2) is 5.69 Å². The van der Waals surface area contributed by atoms with Gasteiger partial charge in [0.05, 0.1) is 11.2 Å². The third kappa shape index (κ3) is 3.43. The largest absolute Gasteiger partial charge is 0.396 e. The van der Waals surface area contributed by atoms with Gasteiger partial charge in [-0.2, -0.15) is 5.26 Å². The van der Waals surface area contributed by atoms with Gasteiger partial charge >= 0.3 is 0 Å². The van der Waals surface area contributed by atoms with Gasteiger partial charge in [0.1, 0.15) is 6.07 Å². The summed E-state index contributed by atoms with van der Waals surface area (Å²) in [5.41, 5.74) is 1.88. The monoisotopic (exact) mass is 270 g/mol. The highest BCUT2D eigenvalue weighted by Crippen LogP contribution is 2.23. The molecule has 1 aromatic heterocycles. The van der Waals surface area contributed by atoms with Crippen LogP contribution in [0.25, 0.3) is 10.9 Å². The second-order valence-corrected chi connectivity index (χ2v) is 4.62. The zero-order chi connectivity index (χ0) is 14.2. The molecule has 5 heteroatoms. The lowest BCUT2D eigenvalue weighted by Gasteiger charge is -2.10. The summed E-state index contributed by atoms with van der Waals surface area (Å²) in [6.45, 7) is 1.04. The van der Waals surface area contributed by atoms with Crippen molar-refractivity contribution in [2.45, 2.75) is 25.7 Å². The topological polar surface area (TPSA) is 81.8 Å². The molecule has 0 aliphatic rings. The first-order chi connectivity index (χ1) is 9.86. The second kappa shape index (κ2) is 7.41. The van der Waals surface area contributed by atoms with Gasteiger partial charge < -0.3 is 10.4 Å². The molecular weight excluding hydrogens is 252 g/mol. The normalized spacial score (nSPS) is 10.4. The summed E-state index contributed by atoms with van der Waals surface area (Å²) in [5, 5.41) is 30.1. The van der Waals surface area contributed by atoms with Crippen molar-refractivity contribution in [2.75, 3.05) is 18.5 Å². The lowest BCUT2D eigenvalue weighted by Crippen LogP contribution is -2.06. The molecule has 0 unspecified atom stereocenters. The fourth-order valence-electron chi connectivity index (χ4n) is 2.11. The average molecular weight is 270 g/mol. The molecule has 104 valence electrons. The van der Waals surface area contributed by atoms with Crippen molar-refractivity contribution in [2.24, 2.45) is 0 Å². The maximum atomic E-state index is 9.13. The minimum absolute atomic E-state index is 0.255. The number of nitrogens with zero attached hydrogens (tertiary/aromatic N) is 3. The quantitative estimate of drug-likeness (QED) is 0.755. The maximum absolute atomic E-state index is 9.13. The molecule has 0 saturated heterocycles. The van der Waals surface area contributed by atoms with Crippen molar-refractivity contribution in [1.82, 2.24) is 10.2 Å². The zero-order valence-corrected chi connectivity index (χ0v) is 11.3. The minimum Gasteiger partial charge on any atom is -0.396 e. The van der Waals surface area contributed by atoms with E-state index in [4.69, 9.17) is 10.4 Å². The Morgan fingerprint density at radius 2 is 1.90 bits per heavy atom. The highest BCUT2D eigenvalue weighted by molar-refractivity contribution is 5.92. The van der Waals surface area contributed by atoms with Crippen LogP contribution in [0.1, 0.15) is 31.4 Å². The number of aromatic nitrogens is 2. The first-order valence-electron chi connectivity index (χ1n) is 6.87. The molecule has 0 saturated carbocycles. The van der Waals surface area contributed by atoms with E-state index in [1.807, 2.05) is 24.3 Å². The number of anilines is 1. The van der Waals surface area contributed by atoms with E-state index in [0.717, 1.165) is 48.8 Å². The Morgan fingerprint density at radius 3 is 2.70 bits per heavy atom. The van der Waals surface area contributed by atoms with Crippen LogP contribution in [0.5, 0.6) is 0 Å². The van der Waals surface area contributed by atoms with Gasteiger partial charge in [-0.15, -0.1) is 10.2 Å². The summed E-state index contributed by atoms with van der Waals surface area (Å²) in [5.74, 6) is 0. The van der Waals surface area contributed by atoms with E-state index in [0.29, 0.717) is 5.69 Å². The molecule has 0 aliphatic carbocycles. The van der Waals surface area contributed by atoms with Crippen molar-refractivity contribution in [1.29, 1.82) is 5.26 Å². The fourth-order valence-corrected chi connectivity index (χ4v) is 2.11. The van der Waals surface area contributed by atoms with Crippen molar-refractivity contribution in [3.05, 3.63) is 30.0 Å². The minimum atomic E-state index is 0.255. The Morgan fingerprint density at radius 1 is 1.10 bits per heavy atom. The van der Waals surface area contributed by atoms with E-state index in [2.05, 4.69) is 21.6 Å². The van der Waals surface area contributed by atoms with Crippen LogP contribution in [0.3, 0.4) is 0 Å². The summed E-state index contributed by atoms with van der Waals surface area (Å²) in [7, 11) is 0. The number of hydrogen-bond donors (Lipinski definition) is 2. The molecule has 20 heavy (non-hydrogen) atoms. The molecule has 1 aromatic carbocycles. The van der Waals surface area contributed by atoms with E-state index in [-0.39, 0.29) is 6.61 Å². The molecule has 5 nitrogen and oxygen atoms in total. The number of benzene rings is 1. The van der Waals surface area contributed by atoms with Crippen LogP contribution in [0.2, 0.25) is 0 Å². The molecule has 2 aromatic rings. The average Bonchev–Trinajstić information content (AvgIpc) is 2.50. The van der Waals surface area contributed by atoms with Gasteiger partial charge in [0, 0.05) is 18.5 Å². The SMILES string of the molecule is N#Cc1nnc2ccccc2c1NCCCCCCO. The van der Waals surface area contributed by atoms with Crippen LogP contribution in [0.4, 0.5) is 5.69 Å². The Bertz CT molecular complexity index is 606. The highest BCUT2D eigenvalue weighted by atomic mass is 16.2. The van der Waals surface area contributed by atoms with E-state index in [1.54, 1.807) is 0 Å². The molecule has 0 spiro atoms. The summed E-state index contributed by atoms with van der Waals surface area (Å²) in [4.78, 5) is 0. The van der Waals surface area contributed by atoms with E-state index in [1.165, 1.54) is 0 Å². The number of fused-ring (bicyclic) bond motifs is 1. The summed E-state index contributed by atoms with van der Waals surface area (Å²) in [6, 6.07) is 9.74. The van der Waals surface area contributed by atoms with E-state index in [9.17, 15) is 0 Å². The maximum Gasteiger partial charge on any atom is 0.186 e. The molecular formula is C15H18N4O. The van der Waals surface area contributed by atoms with Crippen LogP contribution in [-0.4, -0.2) is 28.5 Å². The molecule has 0 bridgehead atoms. The first-order valence-corrected chi connectivity index (χ1v) is 6.87. The fraction of sp³-hybridized carbons (Fsp3) is 0.400. The van der Waals surface area contributed by atoms with Crippen molar-refractivity contribution >= 4 is 16.6 Å². The van der Waals surface area contributed by atoms with Gasteiger partial charge in [0.2, 0.25) is 0 Å². The van der Waals surface area contributed by atoms with Gasteiger partial charge in [0.25, 0.3) is 0 Å². The Kier molecular flexibility index (Phi) is 5.27. The third-order valence-electron chi connectivity index (χ3n) is 3.16. The molecule has 0 aliphatic heterocycles. The highest BCUT2D eigenvalue weighted by Gasteiger charge is 2.09. The van der Waals surface area contributed by atoms with Gasteiger partial charge in [-0.3, -0.25) is 0 Å². The number of aliphatic hydroxyl groups is 1. The van der Waals surface area contributed by atoms with E-state index < -0.39 is 0 Å². The Balaban J connectivity index is 2.06. The summed E-state index contributed by atoms with van der Waals surface area (Å²) >= 11 is 0. The molecule has 2 rings (SSSR count).